The van der Waals surface area contributed by atoms with Crippen molar-refractivity contribution in [3.8, 4) is 5.75 Å². The number of hydrogen-bond acceptors (Lipinski definition) is 8. The van der Waals surface area contributed by atoms with Crippen LogP contribution in [0.4, 0.5) is 0 Å². The fraction of sp³-hybridized carbons (Fsp3) is 0.444. The van der Waals surface area contributed by atoms with Gasteiger partial charge in [0.25, 0.3) is 0 Å². The summed E-state index contributed by atoms with van der Waals surface area (Å²) < 4.78 is 42.7. The van der Waals surface area contributed by atoms with Crippen molar-refractivity contribution in [1.29, 1.82) is 0 Å². The molecule has 0 saturated carbocycles. The average Bonchev–Trinajstić information content (AvgIpc) is 3.18. The maximum atomic E-state index is 13.1. The number of nitrogens with zero attached hydrogens (tertiary/aromatic N) is 2. The number of aromatic nitrogens is 1. The summed E-state index contributed by atoms with van der Waals surface area (Å²) in [7, 11) is -0.963. The fourth-order valence-electron chi connectivity index (χ4n) is 2.40. The van der Waals surface area contributed by atoms with Gasteiger partial charge in [-0.2, -0.15) is 4.31 Å². The molecule has 154 valence electrons. The van der Waals surface area contributed by atoms with Crippen molar-refractivity contribution in [3.63, 3.8) is 0 Å². The van der Waals surface area contributed by atoms with E-state index in [-0.39, 0.29) is 23.7 Å². The summed E-state index contributed by atoms with van der Waals surface area (Å²) in [6.07, 6.45) is 0.540. The van der Waals surface area contributed by atoms with Crippen LogP contribution in [-0.4, -0.2) is 57.7 Å². The smallest absolute Gasteiger partial charge is 0.357 e. The van der Waals surface area contributed by atoms with Crippen LogP contribution < -0.4 is 4.74 Å². The lowest BCUT2D eigenvalue weighted by Crippen LogP contribution is -2.32. The largest absolute Gasteiger partial charge is 0.497 e. The molecular formula is C18H24N2O6S2. The van der Waals surface area contributed by atoms with Gasteiger partial charge in [-0.25, -0.2) is 18.2 Å². The highest BCUT2D eigenvalue weighted by Gasteiger charge is 2.26. The number of rotatable bonds is 11. The molecule has 2 rings (SSSR count). The fourth-order valence-corrected chi connectivity index (χ4v) is 4.70. The van der Waals surface area contributed by atoms with Crippen molar-refractivity contribution < 1.29 is 27.4 Å². The summed E-state index contributed by atoms with van der Waals surface area (Å²) in [6.45, 7) is 3.23. The molecule has 0 amide bonds. The van der Waals surface area contributed by atoms with Crippen molar-refractivity contribution in [1.82, 2.24) is 9.29 Å². The molecule has 0 aliphatic carbocycles. The van der Waals surface area contributed by atoms with Gasteiger partial charge in [-0.1, -0.05) is 0 Å². The van der Waals surface area contributed by atoms with Gasteiger partial charge < -0.3 is 14.2 Å². The highest BCUT2D eigenvalue weighted by atomic mass is 32.2. The maximum Gasteiger partial charge on any atom is 0.357 e. The Bertz CT molecular complexity index is 864. The summed E-state index contributed by atoms with van der Waals surface area (Å²) in [5.41, 5.74) is 0.165. The lowest BCUT2D eigenvalue weighted by molar-refractivity contribution is 0.0594. The minimum Gasteiger partial charge on any atom is -0.497 e. The van der Waals surface area contributed by atoms with Gasteiger partial charge in [0.1, 0.15) is 10.8 Å². The first kappa shape index (κ1) is 22.3. The second kappa shape index (κ2) is 10.5. The molecule has 10 heteroatoms. The van der Waals surface area contributed by atoms with Crippen LogP contribution in [0.2, 0.25) is 0 Å². The summed E-state index contributed by atoms with van der Waals surface area (Å²) in [5, 5.41) is 2.06. The third-order valence-electron chi connectivity index (χ3n) is 3.86. The Labute approximate surface area is 169 Å². The molecule has 0 unspecified atom stereocenters. The van der Waals surface area contributed by atoms with Crippen LogP contribution in [0.3, 0.4) is 0 Å². The molecule has 1 aromatic heterocycles. The van der Waals surface area contributed by atoms with Gasteiger partial charge in [0.2, 0.25) is 10.0 Å². The predicted octanol–water partition coefficient (Wildman–Crippen LogP) is 2.56. The highest BCUT2D eigenvalue weighted by Crippen LogP contribution is 2.23. The molecule has 0 aliphatic heterocycles. The van der Waals surface area contributed by atoms with E-state index in [0.717, 1.165) is 0 Å². The molecule has 0 atom stereocenters. The number of ether oxygens (including phenoxy) is 3. The quantitative estimate of drug-likeness (QED) is 0.401. The Balaban J connectivity index is 2.23. The maximum absolute atomic E-state index is 13.1. The number of carbonyl (C=O) groups is 1. The topological polar surface area (TPSA) is 95.0 Å². The second-order valence-corrected chi connectivity index (χ2v) is 8.56. The molecule has 0 spiro atoms. The molecule has 1 aromatic carbocycles. The van der Waals surface area contributed by atoms with Crippen molar-refractivity contribution in [2.45, 2.75) is 24.8 Å². The molecule has 0 aliphatic rings. The minimum atomic E-state index is -3.76. The van der Waals surface area contributed by atoms with Crippen LogP contribution in [0.5, 0.6) is 5.75 Å². The van der Waals surface area contributed by atoms with E-state index in [1.165, 1.54) is 42.0 Å². The number of sulfonamides is 1. The van der Waals surface area contributed by atoms with Crippen LogP contribution in [0.25, 0.3) is 0 Å². The summed E-state index contributed by atoms with van der Waals surface area (Å²) in [6, 6.07) is 6.21. The number of hydrogen-bond donors (Lipinski definition) is 0. The van der Waals surface area contributed by atoms with E-state index >= 15 is 0 Å². The second-order valence-electron chi connectivity index (χ2n) is 5.68. The molecule has 0 fully saturated rings. The van der Waals surface area contributed by atoms with Gasteiger partial charge in [0.05, 0.1) is 25.7 Å². The van der Waals surface area contributed by atoms with Crippen LogP contribution in [-0.2, 0) is 26.0 Å². The van der Waals surface area contributed by atoms with E-state index in [1.807, 2.05) is 6.92 Å². The first-order valence-corrected chi connectivity index (χ1v) is 11.0. The Morgan fingerprint density at radius 3 is 2.54 bits per heavy atom. The Hall–Kier alpha value is -2.01. The molecule has 1 heterocycles. The van der Waals surface area contributed by atoms with E-state index in [0.29, 0.717) is 30.4 Å². The first-order valence-electron chi connectivity index (χ1n) is 8.67. The third kappa shape index (κ3) is 5.74. The molecule has 2 aromatic rings. The third-order valence-corrected chi connectivity index (χ3v) is 6.55. The lowest BCUT2D eigenvalue weighted by atomic mass is 10.3. The normalized spacial score (nSPS) is 11.6. The van der Waals surface area contributed by atoms with E-state index < -0.39 is 16.0 Å². The number of benzene rings is 1. The van der Waals surface area contributed by atoms with Gasteiger partial charge in [-0.05, 0) is 37.6 Å². The SMILES string of the molecule is CCOCCCN(Cc1nc(C(=O)OC)cs1)S(=O)(=O)c1ccc(OC)cc1. The van der Waals surface area contributed by atoms with E-state index in [9.17, 15) is 13.2 Å². The zero-order valence-electron chi connectivity index (χ0n) is 16.1. The molecule has 0 radical (unpaired) electrons. The Morgan fingerprint density at radius 1 is 1.21 bits per heavy atom. The van der Waals surface area contributed by atoms with Crippen molar-refractivity contribution in [3.05, 3.63) is 40.3 Å². The molecule has 0 saturated heterocycles. The van der Waals surface area contributed by atoms with Gasteiger partial charge in [-0.3, -0.25) is 0 Å². The van der Waals surface area contributed by atoms with Gasteiger partial charge >= 0.3 is 5.97 Å². The Kier molecular flexibility index (Phi) is 8.36. The molecular weight excluding hydrogens is 404 g/mol. The van der Waals surface area contributed by atoms with Gasteiger partial charge in [0.15, 0.2) is 5.69 Å². The molecule has 0 bridgehead atoms. The van der Waals surface area contributed by atoms with Crippen molar-refractivity contribution in [2.24, 2.45) is 0 Å². The van der Waals surface area contributed by atoms with Crippen LogP contribution in [0.1, 0.15) is 28.8 Å². The summed E-state index contributed by atoms with van der Waals surface area (Å²) >= 11 is 1.21. The number of esters is 1. The van der Waals surface area contributed by atoms with Crippen LogP contribution >= 0.6 is 11.3 Å². The van der Waals surface area contributed by atoms with E-state index in [2.05, 4.69) is 9.72 Å². The van der Waals surface area contributed by atoms with Crippen LogP contribution in [0, 0.1) is 0 Å². The monoisotopic (exact) mass is 428 g/mol. The first-order chi connectivity index (χ1) is 13.4. The zero-order chi connectivity index (χ0) is 20.6. The summed E-state index contributed by atoms with van der Waals surface area (Å²) in [5.74, 6) is 0.0212. The van der Waals surface area contributed by atoms with E-state index in [1.54, 1.807) is 17.5 Å². The molecule has 8 nitrogen and oxygen atoms in total. The number of carbonyl (C=O) groups excluding carboxylic acids is 1. The minimum absolute atomic E-state index is 0.0577. The van der Waals surface area contributed by atoms with Gasteiger partial charge in [-0.15, -0.1) is 11.3 Å². The average molecular weight is 429 g/mol. The van der Waals surface area contributed by atoms with Crippen LogP contribution in [0.15, 0.2) is 34.5 Å². The van der Waals surface area contributed by atoms with Crippen molar-refractivity contribution >= 4 is 27.3 Å². The Morgan fingerprint density at radius 2 is 1.93 bits per heavy atom. The predicted molar refractivity (Wildman–Crippen MR) is 105 cm³/mol. The van der Waals surface area contributed by atoms with Crippen molar-refractivity contribution in [2.75, 3.05) is 34.0 Å². The highest BCUT2D eigenvalue weighted by molar-refractivity contribution is 7.89. The standard InChI is InChI=1S/C18H24N2O6S2/c1-4-26-11-5-10-20(12-17-19-16(13-27-17)18(21)25-3)28(22,23)15-8-6-14(24-2)7-9-15/h6-9,13H,4-5,10-12H2,1-3H3. The van der Waals surface area contributed by atoms with E-state index in [4.69, 9.17) is 9.47 Å². The zero-order valence-corrected chi connectivity index (χ0v) is 17.7. The molecule has 0 N–H and O–H groups in total. The summed E-state index contributed by atoms with van der Waals surface area (Å²) in [4.78, 5) is 15.9. The molecule has 28 heavy (non-hydrogen) atoms. The number of methoxy groups -OCH3 is 2. The number of thiazole rings is 1. The lowest BCUT2D eigenvalue weighted by Gasteiger charge is -2.21. The van der Waals surface area contributed by atoms with Gasteiger partial charge in [0, 0.05) is 25.1 Å².